The minimum atomic E-state index is -0.616. The van der Waals surface area contributed by atoms with Crippen molar-refractivity contribution in [2.75, 3.05) is 0 Å². The van der Waals surface area contributed by atoms with E-state index >= 15 is 0 Å². The molecule has 0 aromatic heterocycles. The molecule has 0 unspecified atom stereocenters. The molecule has 2 rings (SSSR count). The number of aliphatic hydroxyl groups is 1. The number of phenols is 1. The first-order chi connectivity index (χ1) is 11.5. The van der Waals surface area contributed by atoms with Crippen LogP contribution in [-0.4, -0.2) is 28.4 Å². The number of aromatic hydroxyl groups is 1. The van der Waals surface area contributed by atoms with Gasteiger partial charge in [-0.1, -0.05) is 31.2 Å². The number of nitrogens with zero attached hydrogens (tertiary/aromatic N) is 1. The Labute approximate surface area is 142 Å². The number of esters is 1. The van der Waals surface area contributed by atoms with Gasteiger partial charge in [0.15, 0.2) is 0 Å². The van der Waals surface area contributed by atoms with Gasteiger partial charge < -0.3 is 14.9 Å². The summed E-state index contributed by atoms with van der Waals surface area (Å²) in [6, 6.07) is 6.98. The third-order valence-corrected chi connectivity index (χ3v) is 4.36. The highest BCUT2D eigenvalue weighted by atomic mass is 16.5. The van der Waals surface area contributed by atoms with Crippen molar-refractivity contribution in [3.63, 3.8) is 0 Å². The predicted octanol–water partition coefficient (Wildman–Crippen LogP) is 3.11. The molecule has 0 spiro atoms. The van der Waals surface area contributed by atoms with Gasteiger partial charge in [0.1, 0.15) is 17.4 Å². The van der Waals surface area contributed by atoms with Crippen molar-refractivity contribution in [2.45, 2.75) is 51.2 Å². The smallest absolute Gasteiger partial charge is 0.342 e. The maximum Gasteiger partial charge on any atom is 0.342 e. The Hall–Kier alpha value is -2.32. The second-order valence-corrected chi connectivity index (χ2v) is 6.23. The molecule has 3 atom stereocenters. The molecule has 1 heterocycles. The highest BCUT2D eigenvalue weighted by Gasteiger charge is 2.25. The van der Waals surface area contributed by atoms with Crippen molar-refractivity contribution in [3.05, 3.63) is 41.5 Å². The Morgan fingerprint density at radius 3 is 2.92 bits per heavy atom. The third-order valence-electron chi connectivity index (χ3n) is 4.36. The van der Waals surface area contributed by atoms with E-state index in [1.54, 1.807) is 12.1 Å². The van der Waals surface area contributed by atoms with E-state index in [0.717, 1.165) is 0 Å². The van der Waals surface area contributed by atoms with E-state index < -0.39 is 18.2 Å². The number of carbonyl (C=O) groups is 1. The van der Waals surface area contributed by atoms with Crippen LogP contribution in [0.5, 0.6) is 5.75 Å². The molecule has 2 N–H and O–H groups in total. The minimum absolute atomic E-state index is 0.0348. The summed E-state index contributed by atoms with van der Waals surface area (Å²) in [4.78, 5) is 12.5. The zero-order chi connectivity index (χ0) is 17.5. The van der Waals surface area contributed by atoms with E-state index in [0.29, 0.717) is 24.8 Å². The van der Waals surface area contributed by atoms with E-state index in [4.69, 9.17) is 10.00 Å². The quantitative estimate of drug-likeness (QED) is 0.642. The van der Waals surface area contributed by atoms with E-state index in [9.17, 15) is 15.0 Å². The normalized spacial score (nSPS) is 26.2. The number of hydrogen-bond donors (Lipinski definition) is 2. The van der Waals surface area contributed by atoms with Crippen LogP contribution in [0.15, 0.2) is 30.4 Å². The lowest BCUT2D eigenvalue weighted by Gasteiger charge is -2.24. The fraction of sp³-hybridized carbons (Fsp3) is 0.474. The number of rotatable bonds is 2. The van der Waals surface area contributed by atoms with Crippen LogP contribution in [0.2, 0.25) is 0 Å². The van der Waals surface area contributed by atoms with Crippen molar-refractivity contribution >= 4 is 5.97 Å². The lowest BCUT2D eigenvalue weighted by atomic mass is 9.93. The van der Waals surface area contributed by atoms with Crippen molar-refractivity contribution in [2.24, 2.45) is 5.92 Å². The van der Waals surface area contributed by atoms with Gasteiger partial charge in [0.2, 0.25) is 0 Å². The zero-order valence-corrected chi connectivity index (χ0v) is 13.8. The van der Waals surface area contributed by atoms with Crippen molar-refractivity contribution in [1.29, 1.82) is 5.26 Å². The van der Waals surface area contributed by atoms with Crippen molar-refractivity contribution in [3.8, 4) is 11.8 Å². The molecule has 24 heavy (non-hydrogen) atoms. The number of fused-ring (bicyclic) bond motifs is 1. The van der Waals surface area contributed by atoms with E-state index in [2.05, 4.69) is 0 Å². The summed E-state index contributed by atoms with van der Waals surface area (Å²) in [7, 11) is 0. The van der Waals surface area contributed by atoms with Crippen LogP contribution < -0.4 is 0 Å². The van der Waals surface area contributed by atoms with Crippen LogP contribution in [0.4, 0.5) is 0 Å². The molecule has 0 bridgehead atoms. The standard InChI is InChI=1S/C19H23NO4/c1-13-6-2-3-7-14-8-4-10-16(21)18(14)19(23)24-15(9-5-11-20)12-17(13)22/h2-4,8,10,13,15,17,21-22H,5-7,9,12H2,1H3/b3-2-/t13-,15-,17+/m1/s1. The Balaban J connectivity index is 2.33. The monoisotopic (exact) mass is 329 g/mol. The van der Waals surface area contributed by atoms with E-state index in [1.807, 2.05) is 25.1 Å². The summed E-state index contributed by atoms with van der Waals surface area (Å²) in [5, 5.41) is 29.2. The number of allylic oxidation sites excluding steroid dienone is 2. The number of carbonyl (C=O) groups excluding carboxylic acids is 1. The zero-order valence-electron chi connectivity index (χ0n) is 13.8. The molecule has 0 radical (unpaired) electrons. The van der Waals surface area contributed by atoms with Crippen LogP contribution in [0.3, 0.4) is 0 Å². The average Bonchev–Trinajstić information content (AvgIpc) is 2.55. The van der Waals surface area contributed by atoms with E-state index in [1.165, 1.54) is 6.07 Å². The fourth-order valence-electron chi connectivity index (χ4n) is 2.83. The van der Waals surface area contributed by atoms with Crippen molar-refractivity contribution in [1.82, 2.24) is 0 Å². The van der Waals surface area contributed by atoms with Crippen LogP contribution in [0, 0.1) is 17.2 Å². The summed E-state index contributed by atoms with van der Waals surface area (Å²) in [5.74, 6) is -0.691. The maximum absolute atomic E-state index is 12.5. The summed E-state index contributed by atoms with van der Waals surface area (Å²) in [6.45, 7) is 1.95. The van der Waals surface area contributed by atoms with Gasteiger partial charge in [0.05, 0.1) is 12.2 Å². The molecule has 0 saturated heterocycles. The Kier molecular flexibility index (Phi) is 6.39. The van der Waals surface area contributed by atoms with Gasteiger partial charge >= 0.3 is 5.97 Å². The van der Waals surface area contributed by atoms with Crippen molar-refractivity contribution < 1.29 is 19.7 Å². The number of ether oxygens (including phenoxy) is 1. The first kappa shape index (κ1) is 18.0. The SMILES string of the molecule is C[C@@H]1C/C=C\Cc2cccc(O)c2C(=O)O[C@H](CCC#N)C[C@@H]1O. The summed E-state index contributed by atoms with van der Waals surface area (Å²) in [5.41, 5.74) is 0.858. The summed E-state index contributed by atoms with van der Waals surface area (Å²) >= 11 is 0. The van der Waals surface area contributed by atoms with Crippen LogP contribution >= 0.6 is 0 Å². The first-order valence-corrected chi connectivity index (χ1v) is 8.24. The summed E-state index contributed by atoms with van der Waals surface area (Å²) in [6.07, 6.45) is 4.86. The van der Waals surface area contributed by atoms with Gasteiger partial charge in [-0.15, -0.1) is 0 Å². The van der Waals surface area contributed by atoms with Crippen LogP contribution in [-0.2, 0) is 11.2 Å². The van der Waals surface area contributed by atoms with Gasteiger partial charge in [-0.25, -0.2) is 4.79 Å². The number of hydrogen-bond acceptors (Lipinski definition) is 5. The molecule has 0 saturated carbocycles. The van der Waals surface area contributed by atoms with E-state index in [-0.39, 0.29) is 30.1 Å². The van der Waals surface area contributed by atoms with Gasteiger partial charge in [-0.3, -0.25) is 0 Å². The molecule has 0 fully saturated rings. The number of nitriles is 1. The first-order valence-electron chi connectivity index (χ1n) is 8.24. The highest BCUT2D eigenvalue weighted by molar-refractivity contribution is 5.94. The molecule has 5 heteroatoms. The molecule has 1 aromatic rings. The summed E-state index contributed by atoms with van der Waals surface area (Å²) < 4.78 is 5.52. The molecule has 128 valence electrons. The fourth-order valence-corrected chi connectivity index (χ4v) is 2.83. The Morgan fingerprint density at radius 2 is 2.17 bits per heavy atom. The minimum Gasteiger partial charge on any atom is -0.507 e. The molecule has 5 nitrogen and oxygen atoms in total. The molecule has 0 aliphatic carbocycles. The lowest BCUT2D eigenvalue weighted by Crippen LogP contribution is -2.28. The average molecular weight is 329 g/mol. The predicted molar refractivity (Wildman–Crippen MR) is 89.4 cm³/mol. The van der Waals surface area contributed by atoms with Crippen LogP contribution in [0.1, 0.15) is 48.5 Å². The maximum atomic E-state index is 12.5. The molecule has 0 amide bonds. The third kappa shape index (κ3) is 4.59. The van der Waals surface area contributed by atoms with Gasteiger partial charge in [0, 0.05) is 12.8 Å². The Morgan fingerprint density at radius 1 is 1.38 bits per heavy atom. The lowest BCUT2D eigenvalue weighted by molar-refractivity contribution is 0.00380. The second-order valence-electron chi connectivity index (χ2n) is 6.23. The molecule has 1 aromatic carbocycles. The molecular weight excluding hydrogens is 306 g/mol. The second kappa shape index (κ2) is 8.51. The number of phenolic OH excluding ortho intramolecular Hbond substituents is 1. The molecule has 1 aliphatic rings. The number of benzene rings is 1. The van der Waals surface area contributed by atoms with Crippen LogP contribution in [0.25, 0.3) is 0 Å². The number of aliphatic hydroxyl groups excluding tert-OH is 1. The Bertz CT molecular complexity index is 647. The topological polar surface area (TPSA) is 90.5 Å². The van der Waals surface area contributed by atoms with Gasteiger partial charge in [-0.05, 0) is 36.8 Å². The van der Waals surface area contributed by atoms with Gasteiger partial charge in [-0.2, -0.15) is 5.26 Å². The molecule has 1 aliphatic heterocycles. The number of cyclic esters (lactones) is 1. The molecular formula is C19H23NO4. The largest absolute Gasteiger partial charge is 0.507 e. The highest BCUT2D eigenvalue weighted by Crippen LogP contribution is 2.26. The van der Waals surface area contributed by atoms with Gasteiger partial charge in [0.25, 0.3) is 0 Å².